The van der Waals surface area contributed by atoms with Crippen LogP contribution in [-0.4, -0.2) is 54.4 Å². The third-order valence-corrected chi connectivity index (χ3v) is 4.63. The molecule has 132 valence electrons. The van der Waals surface area contributed by atoms with Crippen molar-refractivity contribution in [1.82, 2.24) is 9.80 Å². The monoisotopic (exact) mass is 332 g/mol. The average Bonchev–Trinajstić information content (AvgIpc) is 2.78. The molecule has 1 saturated heterocycles. The van der Waals surface area contributed by atoms with E-state index in [0.717, 1.165) is 29.8 Å². The maximum Gasteiger partial charge on any atom is 0.226 e. The molecule has 1 aliphatic heterocycles. The van der Waals surface area contributed by atoms with Crippen LogP contribution in [0.3, 0.4) is 0 Å². The topological polar surface area (TPSA) is 49.9 Å². The number of ether oxygens (including phenoxy) is 1. The fourth-order valence-corrected chi connectivity index (χ4v) is 3.04. The molecule has 0 atom stereocenters. The van der Waals surface area contributed by atoms with E-state index in [2.05, 4.69) is 13.0 Å². The second-order valence-electron chi connectivity index (χ2n) is 6.54. The Morgan fingerprint density at radius 3 is 2.42 bits per heavy atom. The summed E-state index contributed by atoms with van der Waals surface area (Å²) in [6.45, 7) is 10.8. The second kappa shape index (κ2) is 8.18. The maximum atomic E-state index is 12.4. The smallest absolute Gasteiger partial charge is 0.226 e. The number of aryl methyl sites for hydroxylation is 2. The van der Waals surface area contributed by atoms with E-state index in [9.17, 15) is 9.59 Å². The highest BCUT2D eigenvalue weighted by molar-refractivity contribution is 5.77. The van der Waals surface area contributed by atoms with Gasteiger partial charge in [0.15, 0.2) is 0 Å². The minimum Gasteiger partial charge on any atom is -0.493 e. The van der Waals surface area contributed by atoms with Gasteiger partial charge in [-0.3, -0.25) is 9.59 Å². The summed E-state index contributed by atoms with van der Waals surface area (Å²) >= 11 is 0. The van der Waals surface area contributed by atoms with Crippen LogP contribution in [0.15, 0.2) is 12.1 Å². The van der Waals surface area contributed by atoms with E-state index >= 15 is 0 Å². The lowest BCUT2D eigenvalue weighted by Gasteiger charge is -2.21. The summed E-state index contributed by atoms with van der Waals surface area (Å²) < 4.78 is 5.84. The molecule has 1 aliphatic rings. The van der Waals surface area contributed by atoms with Crippen molar-refractivity contribution in [2.24, 2.45) is 0 Å². The quantitative estimate of drug-likeness (QED) is 0.851. The number of carbonyl (C=O) groups excluding carboxylic acids is 2. The number of benzene rings is 1. The van der Waals surface area contributed by atoms with Crippen LogP contribution >= 0.6 is 0 Å². The Morgan fingerprint density at radius 2 is 1.71 bits per heavy atom. The predicted molar refractivity (Wildman–Crippen MR) is 94.2 cm³/mol. The molecule has 1 aromatic carbocycles. The van der Waals surface area contributed by atoms with E-state index in [-0.39, 0.29) is 11.8 Å². The Morgan fingerprint density at radius 1 is 1.04 bits per heavy atom. The zero-order chi connectivity index (χ0) is 17.7. The Balaban J connectivity index is 1.84. The standard InChI is InChI=1S/C19H28N2O3/c1-14-12-15(2)16(3)18(13-14)24-11-6-19(23)21-8-5-7-20(9-10-21)17(4)22/h12-13H,5-11H2,1-4H3. The van der Waals surface area contributed by atoms with Crippen molar-refractivity contribution in [2.75, 3.05) is 32.8 Å². The molecule has 1 aromatic rings. The van der Waals surface area contributed by atoms with Crippen molar-refractivity contribution in [3.8, 4) is 5.75 Å². The molecule has 0 aliphatic carbocycles. The van der Waals surface area contributed by atoms with Crippen LogP contribution in [0, 0.1) is 20.8 Å². The highest BCUT2D eigenvalue weighted by Gasteiger charge is 2.20. The Kier molecular flexibility index (Phi) is 6.23. The van der Waals surface area contributed by atoms with E-state index in [4.69, 9.17) is 4.74 Å². The molecular formula is C19H28N2O3. The molecule has 0 aromatic heterocycles. The summed E-state index contributed by atoms with van der Waals surface area (Å²) in [5.74, 6) is 1.04. The lowest BCUT2D eigenvalue weighted by molar-refractivity contribution is -0.133. The normalized spacial score (nSPS) is 15.2. The molecule has 2 amide bonds. The van der Waals surface area contributed by atoms with Gasteiger partial charge in [0.1, 0.15) is 5.75 Å². The zero-order valence-electron chi connectivity index (χ0n) is 15.2. The molecule has 0 unspecified atom stereocenters. The van der Waals surface area contributed by atoms with E-state index in [0.29, 0.717) is 32.7 Å². The van der Waals surface area contributed by atoms with Gasteiger partial charge in [-0.25, -0.2) is 0 Å². The first-order chi connectivity index (χ1) is 11.4. The van der Waals surface area contributed by atoms with Gasteiger partial charge in [0.25, 0.3) is 0 Å². The summed E-state index contributed by atoms with van der Waals surface area (Å²) in [4.78, 5) is 27.5. The van der Waals surface area contributed by atoms with Gasteiger partial charge >= 0.3 is 0 Å². The Hall–Kier alpha value is -2.04. The Bertz CT molecular complexity index is 613. The first-order valence-electron chi connectivity index (χ1n) is 8.62. The lowest BCUT2D eigenvalue weighted by atomic mass is 10.1. The van der Waals surface area contributed by atoms with Gasteiger partial charge < -0.3 is 14.5 Å². The molecule has 2 rings (SSSR count). The van der Waals surface area contributed by atoms with Crippen molar-refractivity contribution in [1.29, 1.82) is 0 Å². The first-order valence-corrected chi connectivity index (χ1v) is 8.62. The van der Waals surface area contributed by atoms with Crippen molar-refractivity contribution in [3.63, 3.8) is 0 Å². The summed E-state index contributed by atoms with van der Waals surface area (Å²) in [5.41, 5.74) is 3.49. The van der Waals surface area contributed by atoms with E-state index in [1.807, 2.05) is 29.7 Å². The average molecular weight is 332 g/mol. The molecule has 1 fully saturated rings. The SMILES string of the molecule is CC(=O)N1CCCN(C(=O)CCOc2cc(C)cc(C)c2C)CC1. The van der Waals surface area contributed by atoms with Crippen LogP contribution in [0.1, 0.15) is 36.5 Å². The first kappa shape index (κ1) is 18.3. The van der Waals surface area contributed by atoms with Crippen LogP contribution in [0.5, 0.6) is 5.75 Å². The summed E-state index contributed by atoms with van der Waals surface area (Å²) in [6, 6.07) is 4.15. The molecule has 0 spiro atoms. The maximum absolute atomic E-state index is 12.4. The molecule has 0 saturated carbocycles. The summed E-state index contributed by atoms with van der Waals surface area (Å²) in [7, 11) is 0. The van der Waals surface area contributed by atoms with Crippen LogP contribution in [0.4, 0.5) is 0 Å². The van der Waals surface area contributed by atoms with Gasteiger partial charge in [0.2, 0.25) is 11.8 Å². The lowest BCUT2D eigenvalue weighted by Crippen LogP contribution is -2.37. The van der Waals surface area contributed by atoms with Gasteiger partial charge in [-0.05, 0) is 49.9 Å². The van der Waals surface area contributed by atoms with Crippen LogP contribution in [0.25, 0.3) is 0 Å². The molecule has 5 nitrogen and oxygen atoms in total. The van der Waals surface area contributed by atoms with Crippen molar-refractivity contribution in [3.05, 3.63) is 28.8 Å². The fourth-order valence-electron chi connectivity index (χ4n) is 3.04. The third-order valence-electron chi connectivity index (χ3n) is 4.63. The molecule has 0 bridgehead atoms. The van der Waals surface area contributed by atoms with Crippen LogP contribution in [0.2, 0.25) is 0 Å². The molecule has 0 N–H and O–H groups in total. The highest BCUT2D eigenvalue weighted by Crippen LogP contribution is 2.23. The van der Waals surface area contributed by atoms with Gasteiger partial charge in [-0.1, -0.05) is 6.07 Å². The minimum atomic E-state index is 0.0814. The largest absolute Gasteiger partial charge is 0.493 e. The number of carbonyl (C=O) groups is 2. The summed E-state index contributed by atoms with van der Waals surface area (Å²) in [5, 5.41) is 0. The van der Waals surface area contributed by atoms with Crippen molar-refractivity contribution < 1.29 is 14.3 Å². The third kappa shape index (κ3) is 4.73. The number of nitrogens with zero attached hydrogens (tertiary/aromatic N) is 2. The Labute approximate surface area is 144 Å². The van der Waals surface area contributed by atoms with E-state index in [1.54, 1.807) is 6.92 Å². The predicted octanol–water partition coefficient (Wildman–Crippen LogP) is 2.46. The van der Waals surface area contributed by atoms with Crippen molar-refractivity contribution in [2.45, 2.75) is 40.5 Å². The number of hydrogen-bond acceptors (Lipinski definition) is 3. The molecule has 5 heteroatoms. The number of amides is 2. The van der Waals surface area contributed by atoms with Gasteiger partial charge in [-0.15, -0.1) is 0 Å². The second-order valence-corrected chi connectivity index (χ2v) is 6.54. The molecule has 1 heterocycles. The molecule has 0 radical (unpaired) electrons. The minimum absolute atomic E-state index is 0.0814. The van der Waals surface area contributed by atoms with Gasteiger partial charge in [0.05, 0.1) is 13.0 Å². The molecule has 24 heavy (non-hydrogen) atoms. The van der Waals surface area contributed by atoms with Crippen LogP contribution < -0.4 is 4.74 Å². The highest BCUT2D eigenvalue weighted by atomic mass is 16.5. The fraction of sp³-hybridized carbons (Fsp3) is 0.579. The zero-order valence-corrected chi connectivity index (χ0v) is 15.2. The van der Waals surface area contributed by atoms with Crippen molar-refractivity contribution >= 4 is 11.8 Å². The van der Waals surface area contributed by atoms with E-state index < -0.39 is 0 Å². The summed E-state index contributed by atoms with van der Waals surface area (Å²) in [6.07, 6.45) is 1.20. The van der Waals surface area contributed by atoms with Gasteiger partial charge in [-0.2, -0.15) is 0 Å². The molecular weight excluding hydrogens is 304 g/mol. The van der Waals surface area contributed by atoms with Crippen LogP contribution in [-0.2, 0) is 9.59 Å². The van der Waals surface area contributed by atoms with Gasteiger partial charge in [0, 0.05) is 33.1 Å². The number of rotatable bonds is 4. The van der Waals surface area contributed by atoms with E-state index in [1.165, 1.54) is 5.56 Å². The number of hydrogen-bond donors (Lipinski definition) is 0.